The third-order valence-electron chi connectivity index (χ3n) is 1.61. The first-order chi connectivity index (χ1) is 6.45. The van der Waals surface area contributed by atoms with Gasteiger partial charge in [-0.25, -0.2) is 4.98 Å². The molecule has 0 fully saturated rings. The van der Waals surface area contributed by atoms with Crippen LogP contribution in [0.4, 0.5) is 0 Å². The van der Waals surface area contributed by atoms with Gasteiger partial charge >= 0.3 is 0 Å². The lowest BCUT2D eigenvalue weighted by Gasteiger charge is -2.01. The van der Waals surface area contributed by atoms with Crippen molar-refractivity contribution in [3.05, 3.63) is 48.7 Å². The first-order valence-electron chi connectivity index (χ1n) is 4.00. The van der Waals surface area contributed by atoms with Crippen LogP contribution in [0.3, 0.4) is 0 Å². The molecule has 1 aromatic heterocycles. The molecule has 3 nitrogen and oxygen atoms in total. The fourth-order valence-electron chi connectivity index (χ4n) is 0.985. The summed E-state index contributed by atoms with van der Waals surface area (Å²) in [6.07, 6.45) is 3.03. The van der Waals surface area contributed by atoms with Crippen molar-refractivity contribution in [1.29, 1.82) is 0 Å². The lowest BCUT2D eigenvalue weighted by Crippen LogP contribution is -1.92. The van der Waals surface area contributed by atoms with Gasteiger partial charge in [0.05, 0.1) is 6.20 Å². The Bertz CT molecular complexity index is 342. The summed E-state index contributed by atoms with van der Waals surface area (Å²) in [5.41, 5.74) is 0. The van der Waals surface area contributed by atoms with E-state index < -0.39 is 0 Å². The predicted molar refractivity (Wildman–Crippen MR) is 47.3 cm³/mol. The Balaban J connectivity index is 1.94. The van der Waals surface area contributed by atoms with Crippen LogP contribution < -0.4 is 4.74 Å². The molecule has 0 amide bonds. The number of hydrogen-bond donors (Lipinski definition) is 0. The summed E-state index contributed by atoms with van der Waals surface area (Å²) in [4.78, 5) is 3.79. The third-order valence-corrected chi connectivity index (χ3v) is 1.61. The first kappa shape index (κ1) is 7.86. The van der Waals surface area contributed by atoms with Gasteiger partial charge in [0.2, 0.25) is 0 Å². The zero-order valence-electron chi connectivity index (χ0n) is 7.01. The maximum Gasteiger partial charge on any atom is 0.181 e. The molecular formula is C10H9NO2. The fraction of sp³-hybridized carbons (Fsp3) is 0.100. The zero-order valence-corrected chi connectivity index (χ0v) is 7.01. The molecule has 0 unspecified atom stereocenters. The monoisotopic (exact) mass is 175 g/mol. The largest absolute Gasteiger partial charge is 0.486 e. The summed E-state index contributed by atoms with van der Waals surface area (Å²) >= 11 is 0. The molecule has 0 spiro atoms. The average molecular weight is 175 g/mol. The summed E-state index contributed by atoms with van der Waals surface area (Å²) < 4.78 is 10.4. The quantitative estimate of drug-likeness (QED) is 0.717. The molecule has 0 aliphatic rings. The van der Waals surface area contributed by atoms with Crippen LogP contribution in [0.2, 0.25) is 0 Å². The minimum absolute atomic E-state index is 0.421. The highest BCUT2D eigenvalue weighted by molar-refractivity contribution is 5.20. The van der Waals surface area contributed by atoms with Gasteiger partial charge in [-0.1, -0.05) is 18.2 Å². The number of ether oxygens (including phenoxy) is 1. The Kier molecular flexibility index (Phi) is 2.27. The first-order valence-corrected chi connectivity index (χ1v) is 4.00. The van der Waals surface area contributed by atoms with Crippen LogP contribution in [0, 0.1) is 0 Å². The SMILES string of the molecule is c1ccc(OCc2cnco2)cc1. The normalized spacial score (nSPS) is 9.85. The summed E-state index contributed by atoms with van der Waals surface area (Å²) in [7, 11) is 0. The van der Waals surface area contributed by atoms with E-state index in [0.717, 1.165) is 11.5 Å². The number of rotatable bonds is 3. The van der Waals surface area contributed by atoms with Crippen molar-refractivity contribution in [3.8, 4) is 5.75 Å². The standard InChI is InChI=1S/C10H9NO2/c1-2-4-9(5-3-1)12-7-10-6-11-8-13-10/h1-6,8H,7H2. The molecule has 1 heterocycles. The molecule has 2 aromatic rings. The topological polar surface area (TPSA) is 35.3 Å². The van der Waals surface area contributed by atoms with Crippen molar-refractivity contribution >= 4 is 0 Å². The second-order valence-corrected chi connectivity index (χ2v) is 2.57. The molecule has 0 radical (unpaired) electrons. The van der Waals surface area contributed by atoms with Gasteiger partial charge in [0.1, 0.15) is 12.4 Å². The summed E-state index contributed by atoms with van der Waals surface area (Å²) in [6, 6.07) is 9.60. The summed E-state index contributed by atoms with van der Waals surface area (Å²) in [5.74, 6) is 1.56. The predicted octanol–water partition coefficient (Wildman–Crippen LogP) is 2.25. The van der Waals surface area contributed by atoms with E-state index in [1.807, 2.05) is 30.3 Å². The van der Waals surface area contributed by atoms with Crippen LogP contribution in [0.1, 0.15) is 5.76 Å². The van der Waals surface area contributed by atoms with Gasteiger partial charge in [0, 0.05) is 0 Å². The number of oxazole rings is 1. The fourth-order valence-corrected chi connectivity index (χ4v) is 0.985. The van der Waals surface area contributed by atoms with Gasteiger partial charge in [0.15, 0.2) is 12.2 Å². The van der Waals surface area contributed by atoms with E-state index in [1.54, 1.807) is 6.20 Å². The summed E-state index contributed by atoms with van der Waals surface area (Å²) in [5, 5.41) is 0. The minimum atomic E-state index is 0.421. The van der Waals surface area contributed by atoms with Gasteiger partial charge in [0.25, 0.3) is 0 Å². The molecule has 13 heavy (non-hydrogen) atoms. The molecule has 0 bridgehead atoms. The smallest absolute Gasteiger partial charge is 0.181 e. The van der Waals surface area contributed by atoms with E-state index in [0.29, 0.717) is 6.61 Å². The van der Waals surface area contributed by atoms with Gasteiger partial charge in [-0.3, -0.25) is 0 Å². The molecule has 0 saturated carbocycles. The number of aromatic nitrogens is 1. The van der Waals surface area contributed by atoms with Crippen LogP contribution in [-0.4, -0.2) is 4.98 Å². The van der Waals surface area contributed by atoms with E-state index in [2.05, 4.69) is 4.98 Å². The number of benzene rings is 1. The molecule has 66 valence electrons. The van der Waals surface area contributed by atoms with E-state index >= 15 is 0 Å². The second-order valence-electron chi connectivity index (χ2n) is 2.57. The molecule has 1 aromatic carbocycles. The molecule has 0 atom stereocenters. The van der Waals surface area contributed by atoms with E-state index in [9.17, 15) is 0 Å². The van der Waals surface area contributed by atoms with Crippen molar-refractivity contribution in [3.63, 3.8) is 0 Å². The van der Waals surface area contributed by atoms with E-state index in [4.69, 9.17) is 9.15 Å². The van der Waals surface area contributed by atoms with Crippen molar-refractivity contribution in [2.45, 2.75) is 6.61 Å². The van der Waals surface area contributed by atoms with Crippen LogP contribution >= 0.6 is 0 Å². The third kappa shape index (κ3) is 2.08. The Morgan fingerprint density at radius 2 is 2.08 bits per heavy atom. The van der Waals surface area contributed by atoms with Crippen LogP contribution in [0.5, 0.6) is 5.75 Å². The molecular weight excluding hydrogens is 166 g/mol. The molecule has 0 N–H and O–H groups in total. The van der Waals surface area contributed by atoms with Crippen LogP contribution in [0.25, 0.3) is 0 Å². The highest BCUT2D eigenvalue weighted by atomic mass is 16.5. The van der Waals surface area contributed by atoms with Crippen LogP contribution in [0.15, 0.2) is 47.3 Å². The van der Waals surface area contributed by atoms with Gasteiger partial charge in [-0.2, -0.15) is 0 Å². The molecule has 0 saturated heterocycles. The maximum atomic E-state index is 5.42. The Hall–Kier alpha value is -1.77. The highest BCUT2D eigenvalue weighted by Gasteiger charge is 1.96. The Morgan fingerprint density at radius 1 is 1.23 bits per heavy atom. The van der Waals surface area contributed by atoms with Gasteiger partial charge in [-0.05, 0) is 12.1 Å². The van der Waals surface area contributed by atoms with Crippen molar-refractivity contribution in [2.75, 3.05) is 0 Å². The van der Waals surface area contributed by atoms with E-state index in [1.165, 1.54) is 6.39 Å². The second kappa shape index (κ2) is 3.76. The molecule has 0 aliphatic heterocycles. The van der Waals surface area contributed by atoms with Crippen LogP contribution in [-0.2, 0) is 6.61 Å². The molecule has 0 aliphatic carbocycles. The van der Waals surface area contributed by atoms with Crippen molar-refractivity contribution in [2.24, 2.45) is 0 Å². The lowest BCUT2D eigenvalue weighted by molar-refractivity contribution is 0.270. The van der Waals surface area contributed by atoms with Gasteiger partial charge in [-0.15, -0.1) is 0 Å². The maximum absolute atomic E-state index is 5.42. The van der Waals surface area contributed by atoms with Crippen molar-refractivity contribution < 1.29 is 9.15 Å². The summed E-state index contributed by atoms with van der Waals surface area (Å²) in [6.45, 7) is 0.421. The molecule has 3 heteroatoms. The number of nitrogens with zero attached hydrogens (tertiary/aromatic N) is 1. The molecule has 2 rings (SSSR count). The van der Waals surface area contributed by atoms with Crippen molar-refractivity contribution in [1.82, 2.24) is 4.98 Å². The Morgan fingerprint density at radius 3 is 2.77 bits per heavy atom. The van der Waals surface area contributed by atoms with Gasteiger partial charge < -0.3 is 9.15 Å². The average Bonchev–Trinajstić information content (AvgIpc) is 2.69. The lowest BCUT2D eigenvalue weighted by atomic mass is 10.3. The zero-order chi connectivity index (χ0) is 8.93. The number of hydrogen-bond acceptors (Lipinski definition) is 3. The Labute approximate surface area is 76.0 Å². The minimum Gasteiger partial charge on any atom is -0.486 e. The highest BCUT2D eigenvalue weighted by Crippen LogP contribution is 2.10. The number of para-hydroxylation sites is 1. The van der Waals surface area contributed by atoms with E-state index in [-0.39, 0.29) is 0 Å².